The van der Waals surface area contributed by atoms with E-state index in [9.17, 15) is 4.79 Å². The second-order valence-corrected chi connectivity index (χ2v) is 4.03. The van der Waals surface area contributed by atoms with Crippen LogP contribution >= 0.6 is 23.2 Å². The third kappa shape index (κ3) is 1.94. The van der Waals surface area contributed by atoms with Gasteiger partial charge in [0, 0.05) is 11.9 Å². The minimum atomic E-state index is -0.129. The molecule has 0 N–H and O–H groups in total. The van der Waals surface area contributed by atoms with Gasteiger partial charge in [0.2, 0.25) is 0 Å². The summed E-state index contributed by atoms with van der Waals surface area (Å²) < 4.78 is 1.39. The van der Waals surface area contributed by atoms with Crippen LogP contribution in [0.3, 0.4) is 0 Å². The zero-order chi connectivity index (χ0) is 11.7. The molecule has 4 nitrogen and oxygen atoms in total. The van der Waals surface area contributed by atoms with Crippen LogP contribution in [0.25, 0.3) is 5.69 Å². The van der Waals surface area contributed by atoms with Crippen LogP contribution in [-0.2, 0) is 0 Å². The Balaban J connectivity index is 2.59. The summed E-state index contributed by atoms with van der Waals surface area (Å²) in [7, 11) is 0. The third-order valence-electron chi connectivity index (χ3n) is 2.05. The molecule has 0 amide bonds. The molecule has 0 aliphatic carbocycles. The summed E-state index contributed by atoms with van der Waals surface area (Å²) >= 11 is 11.8. The number of nitrogens with zero attached hydrogens (tertiary/aromatic N) is 3. The Kier molecular flexibility index (Phi) is 2.94. The third-order valence-corrected chi connectivity index (χ3v) is 2.59. The standard InChI is InChI=1S/C10H7Cl2N3O/c1-6(16)10-5-13-14-15(10)9-3-2-7(11)4-8(9)12/h2-5H,1H3. The second kappa shape index (κ2) is 4.23. The first-order valence-electron chi connectivity index (χ1n) is 4.46. The van der Waals surface area contributed by atoms with Crippen LogP contribution in [0.5, 0.6) is 0 Å². The zero-order valence-electron chi connectivity index (χ0n) is 8.32. The lowest BCUT2D eigenvalue weighted by Crippen LogP contribution is -2.06. The number of aromatic nitrogens is 3. The molecule has 2 rings (SSSR count). The highest BCUT2D eigenvalue weighted by molar-refractivity contribution is 6.35. The molecule has 0 unspecified atom stereocenters. The van der Waals surface area contributed by atoms with Gasteiger partial charge < -0.3 is 0 Å². The molecule has 0 spiro atoms. The highest BCUT2D eigenvalue weighted by Gasteiger charge is 2.12. The minimum Gasteiger partial charge on any atom is -0.293 e. The maximum Gasteiger partial charge on any atom is 0.179 e. The molecule has 0 fully saturated rings. The topological polar surface area (TPSA) is 47.8 Å². The number of hydrogen-bond donors (Lipinski definition) is 0. The monoisotopic (exact) mass is 255 g/mol. The predicted molar refractivity (Wildman–Crippen MR) is 61.4 cm³/mol. The molecule has 1 aromatic carbocycles. The van der Waals surface area contributed by atoms with Crippen molar-refractivity contribution in [2.45, 2.75) is 6.92 Å². The van der Waals surface area contributed by atoms with Gasteiger partial charge in [-0.15, -0.1) is 5.10 Å². The van der Waals surface area contributed by atoms with Gasteiger partial charge in [0.15, 0.2) is 5.78 Å². The minimum absolute atomic E-state index is 0.129. The van der Waals surface area contributed by atoms with Crippen molar-refractivity contribution >= 4 is 29.0 Å². The van der Waals surface area contributed by atoms with Gasteiger partial charge in [-0.25, -0.2) is 4.68 Å². The van der Waals surface area contributed by atoms with Crippen molar-refractivity contribution in [2.75, 3.05) is 0 Å². The van der Waals surface area contributed by atoms with Crippen LogP contribution in [0, 0.1) is 0 Å². The van der Waals surface area contributed by atoms with Crippen molar-refractivity contribution in [3.8, 4) is 5.69 Å². The summed E-state index contributed by atoms with van der Waals surface area (Å²) in [5.74, 6) is -0.129. The molecule has 1 aromatic heterocycles. The van der Waals surface area contributed by atoms with E-state index in [-0.39, 0.29) is 5.78 Å². The van der Waals surface area contributed by atoms with Gasteiger partial charge in [-0.3, -0.25) is 4.79 Å². The molecule has 0 atom stereocenters. The second-order valence-electron chi connectivity index (χ2n) is 3.18. The average molecular weight is 256 g/mol. The number of halogens is 2. The number of Topliss-reactive ketones (excluding diaryl/α,β-unsaturated/α-hetero) is 1. The van der Waals surface area contributed by atoms with Crippen LogP contribution in [0.15, 0.2) is 24.4 Å². The molecular weight excluding hydrogens is 249 g/mol. The quantitative estimate of drug-likeness (QED) is 0.776. The Morgan fingerprint density at radius 3 is 2.75 bits per heavy atom. The highest BCUT2D eigenvalue weighted by Crippen LogP contribution is 2.24. The molecular formula is C10H7Cl2N3O. The molecule has 6 heteroatoms. The van der Waals surface area contributed by atoms with Gasteiger partial charge in [0.1, 0.15) is 5.69 Å². The fourth-order valence-electron chi connectivity index (χ4n) is 1.31. The first-order chi connectivity index (χ1) is 7.59. The van der Waals surface area contributed by atoms with Crippen LogP contribution in [0.4, 0.5) is 0 Å². The van der Waals surface area contributed by atoms with Gasteiger partial charge in [-0.05, 0) is 18.2 Å². The largest absolute Gasteiger partial charge is 0.293 e. The van der Waals surface area contributed by atoms with E-state index in [2.05, 4.69) is 10.3 Å². The Morgan fingerprint density at radius 2 is 2.12 bits per heavy atom. The van der Waals surface area contributed by atoms with E-state index in [4.69, 9.17) is 23.2 Å². The van der Waals surface area contributed by atoms with Crippen molar-refractivity contribution in [1.29, 1.82) is 0 Å². The normalized spacial score (nSPS) is 10.4. The zero-order valence-corrected chi connectivity index (χ0v) is 9.83. The molecule has 2 aromatic rings. The summed E-state index contributed by atoms with van der Waals surface area (Å²) in [4.78, 5) is 11.3. The maximum atomic E-state index is 11.3. The van der Waals surface area contributed by atoms with Gasteiger partial charge in [-0.1, -0.05) is 28.4 Å². The molecule has 0 radical (unpaired) electrons. The van der Waals surface area contributed by atoms with Crippen LogP contribution in [-0.4, -0.2) is 20.8 Å². The average Bonchev–Trinajstić information content (AvgIpc) is 2.66. The van der Waals surface area contributed by atoms with Gasteiger partial charge >= 0.3 is 0 Å². The summed E-state index contributed by atoms with van der Waals surface area (Å²) in [5.41, 5.74) is 0.956. The van der Waals surface area contributed by atoms with Crippen molar-refractivity contribution in [2.24, 2.45) is 0 Å². The number of benzene rings is 1. The van der Waals surface area contributed by atoms with Crippen molar-refractivity contribution in [3.63, 3.8) is 0 Å². The summed E-state index contributed by atoms with van der Waals surface area (Å²) in [5, 5.41) is 8.44. The number of rotatable bonds is 2. The lowest BCUT2D eigenvalue weighted by Gasteiger charge is -2.06. The SMILES string of the molecule is CC(=O)c1cnnn1-c1ccc(Cl)cc1Cl. The Labute approximate surface area is 102 Å². The first kappa shape index (κ1) is 11.1. The highest BCUT2D eigenvalue weighted by atomic mass is 35.5. The van der Waals surface area contributed by atoms with Gasteiger partial charge in [0.25, 0.3) is 0 Å². The molecule has 1 heterocycles. The summed E-state index contributed by atoms with van der Waals surface area (Å²) in [6, 6.07) is 4.95. The molecule has 82 valence electrons. The molecule has 0 bridgehead atoms. The smallest absolute Gasteiger partial charge is 0.179 e. The predicted octanol–water partition coefficient (Wildman–Crippen LogP) is 2.78. The van der Waals surface area contributed by atoms with Crippen molar-refractivity contribution < 1.29 is 4.79 Å². The fourth-order valence-corrected chi connectivity index (χ4v) is 1.79. The van der Waals surface area contributed by atoms with E-state index in [0.717, 1.165) is 0 Å². The maximum absolute atomic E-state index is 11.3. The number of carbonyl (C=O) groups excluding carboxylic acids is 1. The Morgan fingerprint density at radius 1 is 1.38 bits per heavy atom. The van der Waals surface area contributed by atoms with Crippen molar-refractivity contribution in [3.05, 3.63) is 40.1 Å². The van der Waals surface area contributed by atoms with E-state index in [1.165, 1.54) is 17.8 Å². The fraction of sp³-hybridized carbons (Fsp3) is 0.100. The van der Waals surface area contributed by atoms with E-state index < -0.39 is 0 Å². The van der Waals surface area contributed by atoms with E-state index in [1.807, 2.05) is 0 Å². The van der Waals surface area contributed by atoms with Crippen LogP contribution in [0.2, 0.25) is 10.0 Å². The van der Waals surface area contributed by atoms with E-state index in [1.54, 1.807) is 18.2 Å². The molecule has 0 aliphatic heterocycles. The Bertz CT molecular complexity index is 551. The molecule has 16 heavy (non-hydrogen) atoms. The summed E-state index contributed by atoms with van der Waals surface area (Å²) in [6.45, 7) is 1.44. The summed E-state index contributed by atoms with van der Waals surface area (Å²) in [6.07, 6.45) is 1.40. The lowest BCUT2D eigenvalue weighted by atomic mass is 10.3. The first-order valence-corrected chi connectivity index (χ1v) is 5.22. The van der Waals surface area contributed by atoms with Crippen LogP contribution < -0.4 is 0 Å². The van der Waals surface area contributed by atoms with E-state index >= 15 is 0 Å². The molecule has 0 saturated heterocycles. The Hall–Kier alpha value is -1.39. The van der Waals surface area contributed by atoms with E-state index in [0.29, 0.717) is 21.4 Å². The molecule has 0 aliphatic rings. The lowest BCUT2D eigenvalue weighted by molar-refractivity contribution is 0.101. The number of carbonyl (C=O) groups is 1. The molecule has 0 saturated carbocycles. The van der Waals surface area contributed by atoms with Crippen molar-refractivity contribution in [1.82, 2.24) is 15.0 Å². The number of hydrogen-bond acceptors (Lipinski definition) is 3. The van der Waals surface area contributed by atoms with Gasteiger partial charge in [-0.2, -0.15) is 0 Å². The van der Waals surface area contributed by atoms with Crippen LogP contribution in [0.1, 0.15) is 17.4 Å². The van der Waals surface area contributed by atoms with Gasteiger partial charge in [0.05, 0.1) is 16.9 Å². The number of ketones is 1.